The van der Waals surface area contributed by atoms with E-state index in [-0.39, 0.29) is 0 Å². The van der Waals surface area contributed by atoms with Gasteiger partial charge in [-0.05, 0) is 55.6 Å². The van der Waals surface area contributed by atoms with Crippen LogP contribution in [-0.4, -0.2) is 29.1 Å². The van der Waals surface area contributed by atoms with Crippen LogP contribution in [0.15, 0.2) is 16.8 Å². The standard InChI is InChI=1S/C13H19NO2S/c1-10(11-4-7-17-8-11)14-6-3-5-13(2,9-14)12(15)16/h4,7-8,10H,3,5-6,9H2,1-2H3,(H,15,16). The zero-order chi connectivity index (χ0) is 12.5. The predicted molar refractivity (Wildman–Crippen MR) is 69.3 cm³/mol. The Kier molecular flexibility index (Phi) is 3.54. The molecule has 0 aromatic carbocycles. The highest BCUT2D eigenvalue weighted by Crippen LogP contribution is 2.34. The summed E-state index contributed by atoms with van der Waals surface area (Å²) in [5, 5.41) is 13.5. The van der Waals surface area contributed by atoms with Gasteiger partial charge in [-0.1, -0.05) is 0 Å². The first-order valence-corrected chi connectivity index (χ1v) is 6.97. The van der Waals surface area contributed by atoms with Crippen LogP contribution in [0.2, 0.25) is 0 Å². The highest BCUT2D eigenvalue weighted by molar-refractivity contribution is 7.07. The quantitative estimate of drug-likeness (QED) is 0.900. The molecule has 1 aliphatic rings. The molecule has 2 unspecified atom stereocenters. The van der Waals surface area contributed by atoms with Crippen LogP contribution in [0.1, 0.15) is 38.3 Å². The van der Waals surface area contributed by atoms with Crippen LogP contribution < -0.4 is 0 Å². The first-order chi connectivity index (χ1) is 8.03. The van der Waals surface area contributed by atoms with Crippen molar-refractivity contribution < 1.29 is 9.90 Å². The fourth-order valence-electron chi connectivity index (χ4n) is 2.51. The molecule has 1 saturated heterocycles. The molecule has 4 heteroatoms. The molecule has 0 amide bonds. The number of carbonyl (C=O) groups is 1. The third-order valence-electron chi connectivity index (χ3n) is 3.82. The lowest BCUT2D eigenvalue weighted by Crippen LogP contribution is -2.46. The Bertz CT molecular complexity index is 390. The van der Waals surface area contributed by atoms with Gasteiger partial charge in [0, 0.05) is 12.6 Å². The second kappa shape index (κ2) is 4.78. The summed E-state index contributed by atoms with van der Waals surface area (Å²) in [6, 6.07) is 2.45. The first kappa shape index (κ1) is 12.6. The zero-order valence-corrected chi connectivity index (χ0v) is 11.2. The number of hydrogen-bond donors (Lipinski definition) is 1. The van der Waals surface area contributed by atoms with Crippen molar-refractivity contribution in [3.63, 3.8) is 0 Å². The van der Waals surface area contributed by atoms with Crippen molar-refractivity contribution in [1.82, 2.24) is 4.90 Å². The number of carboxylic acids is 1. The van der Waals surface area contributed by atoms with E-state index in [4.69, 9.17) is 0 Å². The van der Waals surface area contributed by atoms with Crippen LogP contribution in [-0.2, 0) is 4.79 Å². The van der Waals surface area contributed by atoms with Gasteiger partial charge < -0.3 is 5.11 Å². The van der Waals surface area contributed by atoms with E-state index in [2.05, 4.69) is 28.7 Å². The molecule has 1 fully saturated rings. The topological polar surface area (TPSA) is 40.5 Å². The zero-order valence-electron chi connectivity index (χ0n) is 10.3. The minimum atomic E-state index is -0.667. The van der Waals surface area contributed by atoms with Crippen molar-refractivity contribution in [2.45, 2.75) is 32.7 Å². The average molecular weight is 253 g/mol. The summed E-state index contributed by atoms with van der Waals surface area (Å²) in [7, 11) is 0. The maximum absolute atomic E-state index is 11.3. The van der Waals surface area contributed by atoms with Gasteiger partial charge >= 0.3 is 5.97 Å². The van der Waals surface area contributed by atoms with Gasteiger partial charge in [0.25, 0.3) is 0 Å². The molecule has 0 aliphatic carbocycles. The predicted octanol–water partition coefficient (Wildman–Crippen LogP) is 3.00. The lowest BCUT2D eigenvalue weighted by atomic mass is 9.81. The summed E-state index contributed by atoms with van der Waals surface area (Å²) in [4.78, 5) is 13.6. The van der Waals surface area contributed by atoms with Crippen molar-refractivity contribution in [2.24, 2.45) is 5.41 Å². The third-order valence-corrected chi connectivity index (χ3v) is 4.52. The van der Waals surface area contributed by atoms with E-state index in [1.165, 1.54) is 5.56 Å². The van der Waals surface area contributed by atoms with Crippen molar-refractivity contribution >= 4 is 17.3 Å². The van der Waals surface area contributed by atoms with E-state index in [0.717, 1.165) is 19.4 Å². The Hall–Kier alpha value is -0.870. The van der Waals surface area contributed by atoms with Gasteiger partial charge in [-0.3, -0.25) is 9.69 Å². The molecule has 1 aromatic rings. The largest absolute Gasteiger partial charge is 0.481 e. The molecule has 1 aromatic heterocycles. The molecule has 17 heavy (non-hydrogen) atoms. The molecule has 2 heterocycles. The molecule has 2 atom stereocenters. The monoisotopic (exact) mass is 253 g/mol. The van der Waals surface area contributed by atoms with Crippen molar-refractivity contribution in [3.05, 3.63) is 22.4 Å². The number of piperidine rings is 1. The summed E-state index contributed by atoms with van der Waals surface area (Å²) >= 11 is 1.70. The summed E-state index contributed by atoms with van der Waals surface area (Å²) in [5.41, 5.74) is 0.715. The Morgan fingerprint density at radius 1 is 1.65 bits per heavy atom. The Labute approximate surface area is 106 Å². The van der Waals surface area contributed by atoms with Crippen molar-refractivity contribution in [2.75, 3.05) is 13.1 Å². The van der Waals surface area contributed by atoms with Gasteiger partial charge in [-0.25, -0.2) is 0 Å². The summed E-state index contributed by atoms with van der Waals surface area (Å²) in [6.45, 7) is 5.68. The van der Waals surface area contributed by atoms with Crippen LogP contribution in [0.4, 0.5) is 0 Å². The van der Waals surface area contributed by atoms with Gasteiger partial charge in [0.2, 0.25) is 0 Å². The fraction of sp³-hybridized carbons (Fsp3) is 0.615. The van der Waals surface area contributed by atoms with Gasteiger partial charge in [-0.2, -0.15) is 11.3 Å². The number of rotatable bonds is 3. The highest BCUT2D eigenvalue weighted by atomic mass is 32.1. The number of likely N-dealkylation sites (tertiary alicyclic amines) is 1. The molecule has 0 saturated carbocycles. The Morgan fingerprint density at radius 3 is 3.00 bits per heavy atom. The third kappa shape index (κ3) is 2.53. The molecule has 1 aliphatic heterocycles. The van der Waals surface area contributed by atoms with Crippen molar-refractivity contribution in [1.29, 1.82) is 0 Å². The SMILES string of the molecule is CC(c1ccsc1)N1CCCC(C)(C(=O)O)C1. The van der Waals surface area contributed by atoms with Gasteiger partial charge in [0.1, 0.15) is 0 Å². The van der Waals surface area contributed by atoms with Crippen LogP contribution >= 0.6 is 11.3 Å². The minimum Gasteiger partial charge on any atom is -0.481 e. The van der Waals surface area contributed by atoms with Crippen LogP contribution in [0, 0.1) is 5.41 Å². The van der Waals surface area contributed by atoms with Crippen LogP contribution in [0.5, 0.6) is 0 Å². The lowest BCUT2D eigenvalue weighted by Gasteiger charge is -2.40. The molecule has 0 radical (unpaired) electrons. The molecule has 1 N–H and O–H groups in total. The normalized spacial score (nSPS) is 27.9. The summed E-state index contributed by atoms with van der Waals surface area (Å²) < 4.78 is 0. The number of aliphatic carboxylic acids is 1. The van der Waals surface area contributed by atoms with E-state index >= 15 is 0 Å². The van der Waals surface area contributed by atoms with Crippen LogP contribution in [0.25, 0.3) is 0 Å². The lowest BCUT2D eigenvalue weighted by molar-refractivity contribution is -0.151. The molecule has 94 valence electrons. The second-order valence-electron chi connectivity index (χ2n) is 5.17. The molecular weight excluding hydrogens is 234 g/mol. The van der Waals surface area contributed by atoms with Gasteiger partial charge in [0.05, 0.1) is 5.41 Å². The Morgan fingerprint density at radius 2 is 2.41 bits per heavy atom. The van der Waals surface area contributed by atoms with Gasteiger partial charge in [0.15, 0.2) is 0 Å². The number of thiophene rings is 1. The number of carboxylic acid groups (broad SMARTS) is 1. The molecule has 2 rings (SSSR count). The highest BCUT2D eigenvalue weighted by Gasteiger charge is 2.39. The molecular formula is C13H19NO2S. The maximum atomic E-state index is 11.3. The Balaban J connectivity index is 2.10. The van der Waals surface area contributed by atoms with Gasteiger partial charge in [-0.15, -0.1) is 0 Å². The average Bonchev–Trinajstić information content (AvgIpc) is 2.81. The van der Waals surface area contributed by atoms with Crippen molar-refractivity contribution in [3.8, 4) is 0 Å². The van der Waals surface area contributed by atoms with E-state index < -0.39 is 11.4 Å². The van der Waals surface area contributed by atoms with Crippen LogP contribution in [0.3, 0.4) is 0 Å². The van der Waals surface area contributed by atoms with E-state index in [1.54, 1.807) is 11.3 Å². The first-order valence-electron chi connectivity index (χ1n) is 6.02. The second-order valence-corrected chi connectivity index (χ2v) is 5.95. The fourth-order valence-corrected chi connectivity index (χ4v) is 3.25. The van der Waals surface area contributed by atoms with E-state index in [9.17, 15) is 9.90 Å². The smallest absolute Gasteiger partial charge is 0.310 e. The van der Waals surface area contributed by atoms with E-state index in [0.29, 0.717) is 12.6 Å². The number of hydrogen-bond acceptors (Lipinski definition) is 3. The summed E-state index contributed by atoms with van der Waals surface area (Å²) in [6.07, 6.45) is 1.76. The minimum absolute atomic E-state index is 0.320. The molecule has 0 bridgehead atoms. The van der Waals surface area contributed by atoms with E-state index in [1.807, 2.05) is 6.92 Å². The number of nitrogens with zero attached hydrogens (tertiary/aromatic N) is 1. The maximum Gasteiger partial charge on any atom is 0.310 e. The summed E-state index contributed by atoms with van der Waals surface area (Å²) in [5.74, 6) is -0.667. The molecule has 3 nitrogen and oxygen atoms in total. The molecule has 0 spiro atoms.